The Morgan fingerprint density at radius 3 is 1.09 bits per heavy atom. The van der Waals surface area contributed by atoms with E-state index in [9.17, 15) is 10.2 Å². The molecule has 0 saturated carbocycles. The fourth-order valence-corrected chi connectivity index (χ4v) is 6.68. The van der Waals surface area contributed by atoms with Crippen LogP contribution in [0.2, 0.25) is 0 Å². The van der Waals surface area contributed by atoms with Crippen molar-refractivity contribution in [1.29, 1.82) is 0 Å². The van der Waals surface area contributed by atoms with E-state index in [1.165, 1.54) is 21.5 Å². The summed E-state index contributed by atoms with van der Waals surface area (Å²) in [6.07, 6.45) is 8.20. The van der Waals surface area contributed by atoms with Crippen molar-refractivity contribution in [3.05, 3.63) is 108 Å². The van der Waals surface area contributed by atoms with E-state index in [2.05, 4.69) is 72.8 Å². The van der Waals surface area contributed by atoms with E-state index >= 15 is 0 Å². The fourth-order valence-electron chi connectivity index (χ4n) is 6.68. The van der Waals surface area contributed by atoms with Crippen LogP contribution in [0.15, 0.2) is 97.1 Å². The van der Waals surface area contributed by atoms with Crippen LogP contribution in [-0.2, 0) is 9.47 Å². The first-order chi connectivity index (χ1) is 21.5. The van der Waals surface area contributed by atoms with Gasteiger partial charge in [0.05, 0.1) is 12.2 Å². The molecule has 4 heteroatoms. The number of benzene rings is 6. The van der Waals surface area contributed by atoms with Crippen LogP contribution in [0.25, 0.3) is 43.1 Å². The second-order valence-electron chi connectivity index (χ2n) is 12.1. The molecule has 2 N–H and O–H groups in total. The average molecular weight is 587 g/mol. The summed E-state index contributed by atoms with van der Waals surface area (Å²) in [5.41, 5.74) is 1.73. The molecule has 0 spiro atoms. The van der Waals surface area contributed by atoms with Gasteiger partial charge >= 0.3 is 0 Å². The summed E-state index contributed by atoms with van der Waals surface area (Å²) in [4.78, 5) is 0. The second-order valence-corrected chi connectivity index (χ2v) is 12.1. The molecule has 0 saturated heterocycles. The van der Waals surface area contributed by atoms with Gasteiger partial charge in [0, 0.05) is 25.3 Å². The van der Waals surface area contributed by atoms with E-state index in [1.807, 2.05) is 24.3 Å². The summed E-state index contributed by atoms with van der Waals surface area (Å²) in [6, 6.07) is 33.2. The largest absolute Gasteiger partial charge is 0.508 e. The predicted molar refractivity (Wildman–Crippen MR) is 183 cm³/mol. The Morgan fingerprint density at radius 1 is 0.432 bits per heavy atom. The topological polar surface area (TPSA) is 58.9 Å². The van der Waals surface area contributed by atoms with E-state index in [4.69, 9.17) is 9.47 Å². The number of hydrogen-bond donors (Lipinski definition) is 2. The van der Waals surface area contributed by atoms with Crippen LogP contribution >= 0.6 is 0 Å². The first-order valence-electron chi connectivity index (χ1n) is 15.9. The molecule has 6 rings (SSSR count). The van der Waals surface area contributed by atoms with Crippen LogP contribution in [-0.4, -0.2) is 24.4 Å². The highest BCUT2D eigenvalue weighted by molar-refractivity contribution is 6.00. The number of hydrogen-bond acceptors (Lipinski definition) is 4. The van der Waals surface area contributed by atoms with Gasteiger partial charge in [-0.25, -0.2) is 0 Å². The Hall–Kier alpha value is -4.12. The normalized spacial score (nSPS) is 13.2. The number of phenols is 2. The van der Waals surface area contributed by atoms with Gasteiger partial charge in [-0.05, 0) is 104 Å². The first-order valence-corrected chi connectivity index (χ1v) is 15.9. The standard InChI is InChI=1S/C40H42O4/c1-43-39(35-23-31-19-27-13-9-11-15-29(27)21-33(31)25-37(35)41)17-7-5-3-4-6-8-18-40(44-2)36-24-32-20-28-14-10-12-16-30(28)22-34(32)26-38(36)42/h9-16,19-26,39-42H,3-8,17-18H2,1-2H3. The molecule has 0 amide bonds. The number of ether oxygens (including phenoxy) is 2. The van der Waals surface area contributed by atoms with Crippen molar-refractivity contribution in [3.63, 3.8) is 0 Å². The molecule has 0 heterocycles. The van der Waals surface area contributed by atoms with Gasteiger partial charge in [0.15, 0.2) is 0 Å². The summed E-state index contributed by atoms with van der Waals surface area (Å²) in [5, 5.41) is 30.7. The SMILES string of the molecule is COC(CCCCCCCCC(OC)c1cc2cc3ccccc3cc2cc1O)c1cc2cc3ccccc3cc2cc1O. The molecule has 2 unspecified atom stereocenters. The van der Waals surface area contributed by atoms with Crippen molar-refractivity contribution in [3.8, 4) is 11.5 Å². The third-order valence-corrected chi connectivity index (χ3v) is 9.15. The lowest BCUT2D eigenvalue weighted by Crippen LogP contribution is -2.03. The zero-order chi connectivity index (χ0) is 30.5. The molecule has 4 nitrogen and oxygen atoms in total. The van der Waals surface area contributed by atoms with Crippen LogP contribution in [0.1, 0.15) is 74.7 Å². The van der Waals surface area contributed by atoms with Crippen LogP contribution in [0.3, 0.4) is 0 Å². The minimum atomic E-state index is -0.124. The lowest BCUT2D eigenvalue weighted by atomic mass is 9.95. The molecular weight excluding hydrogens is 544 g/mol. The van der Waals surface area contributed by atoms with Crippen LogP contribution < -0.4 is 0 Å². The van der Waals surface area contributed by atoms with Crippen molar-refractivity contribution in [1.82, 2.24) is 0 Å². The lowest BCUT2D eigenvalue weighted by molar-refractivity contribution is 0.0899. The third kappa shape index (κ3) is 6.52. The van der Waals surface area contributed by atoms with E-state index in [0.29, 0.717) is 11.5 Å². The van der Waals surface area contributed by atoms with Gasteiger partial charge in [0.2, 0.25) is 0 Å². The van der Waals surface area contributed by atoms with Crippen molar-refractivity contribution in [2.45, 2.75) is 63.6 Å². The molecule has 0 fully saturated rings. The molecule has 0 aliphatic heterocycles. The number of rotatable bonds is 13. The molecule has 0 aromatic heterocycles. The molecular formula is C40H42O4. The minimum Gasteiger partial charge on any atom is -0.508 e. The summed E-state index contributed by atoms with van der Waals surface area (Å²) in [7, 11) is 3.47. The van der Waals surface area contributed by atoms with Crippen LogP contribution in [0.5, 0.6) is 11.5 Å². The highest BCUT2D eigenvalue weighted by Gasteiger charge is 2.18. The van der Waals surface area contributed by atoms with Gasteiger partial charge in [-0.1, -0.05) is 87.1 Å². The van der Waals surface area contributed by atoms with Gasteiger partial charge < -0.3 is 19.7 Å². The summed E-state index contributed by atoms with van der Waals surface area (Å²) >= 11 is 0. The number of phenolic OH excluding ortho intramolecular Hbond substituents is 2. The average Bonchev–Trinajstić information content (AvgIpc) is 3.04. The molecule has 2 atom stereocenters. The quantitative estimate of drug-likeness (QED) is 0.104. The summed E-state index contributed by atoms with van der Waals surface area (Å²) in [5.74, 6) is 0.608. The molecule has 44 heavy (non-hydrogen) atoms. The first kappa shape index (κ1) is 29.9. The van der Waals surface area contributed by atoms with E-state index in [0.717, 1.165) is 84.0 Å². The molecule has 226 valence electrons. The Balaban J connectivity index is 0.981. The zero-order valence-corrected chi connectivity index (χ0v) is 25.8. The van der Waals surface area contributed by atoms with Gasteiger partial charge in [-0.3, -0.25) is 0 Å². The zero-order valence-electron chi connectivity index (χ0n) is 25.8. The third-order valence-electron chi connectivity index (χ3n) is 9.15. The van der Waals surface area contributed by atoms with Gasteiger partial charge in [-0.15, -0.1) is 0 Å². The van der Waals surface area contributed by atoms with E-state index < -0.39 is 0 Å². The van der Waals surface area contributed by atoms with Gasteiger partial charge in [0.25, 0.3) is 0 Å². The molecule has 6 aromatic rings. The van der Waals surface area contributed by atoms with Crippen LogP contribution in [0, 0.1) is 0 Å². The minimum absolute atomic E-state index is 0.124. The van der Waals surface area contributed by atoms with Crippen molar-refractivity contribution in [2.24, 2.45) is 0 Å². The van der Waals surface area contributed by atoms with Crippen molar-refractivity contribution in [2.75, 3.05) is 14.2 Å². The Morgan fingerprint density at radius 2 is 0.750 bits per heavy atom. The highest BCUT2D eigenvalue weighted by Crippen LogP contribution is 2.37. The molecule has 6 aromatic carbocycles. The highest BCUT2D eigenvalue weighted by atomic mass is 16.5. The van der Waals surface area contributed by atoms with E-state index in [-0.39, 0.29) is 12.2 Å². The Labute approximate surface area is 259 Å². The predicted octanol–water partition coefficient (Wildman–Crippen LogP) is 10.9. The maximum Gasteiger partial charge on any atom is 0.122 e. The molecule has 0 radical (unpaired) electrons. The lowest BCUT2D eigenvalue weighted by Gasteiger charge is -2.19. The summed E-state index contributed by atoms with van der Waals surface area (Å²) < 4.78 is 11.7. The van der Waals surface area contributed by atoms with Crippen molar-refractivity contribution >= 4 is 43.1 Å². The fraction of sp³-hybridized carbons (Fsp3) is 0.300. The van der Waals surface area contributed by atoms with Crippen LogP contribution in [0.4, 0.5) is 0 Å². The number of unbranched alkanes of at least 4 members (excludes halogenated alkanes) is 5. The Kier molecular flexibility index (Phi) is 9.30. The number of aromatic hydroxyl groups is 2. The maximum atomic E-state index is 10.8. The molecule has 0 aliphatic rings. The molecule has 0 aliphatic carbocycles. The number of methoxy groups -OCH3 is 2. The smallest absolute Gasteiger partial charge is 0.122 e. The van der Waals surface area contributed by atoms with E-state index in [1.54, 1.807) is 14.2 Å². The maximum absolute atomic E-state index is 10.8. The monoisotopic (exact) mass is 586 g/mol. The second kappa shape index (κ2) is 13.7. The Bertz CT molecular complexity index is 1750. The summed E-state index contributed by atoms with van der Waals surface area (Å²) in [6.45, 7) is 0. The number of fused-ring (bicyclic) bond motifs is 4. The van der Waals surface area contributed by atoms with Gasteiger partial charge in [-0.2, -0.15) is 0 Å². The van der Waals surface area contributed by atoms with Gasteiger partial charge in [0.1, 0.15) is 11.5 Å². The molecule has 0 bridgehead atoms. The van der Waals surface area contributed by atoms with Crippen molar-refractivity contribution < 1.29 is 19.7 Å².